The quantitative estimate of drug-likeness (QED) is 0.141. The normalized spacial score (nSPS) is 11.2. The van der Waals surface area contributed by atoms with Gasteiger partial charge in [-0.05, 0) is 122 Å². The van der Waals surface area contributed by atoms with Gasteiger partial charge in [0.25, 0.3) is 0 Å². The van der Waals surface area contributed by atoms with E-state index in [9.17, 15) is 0 Å². The zero-order valence-electron chi connectivity index (χ0n) is 34.1. The maximum atomic E-state index is 2.45. The monoisotopic (exact) mass is 790 g/mol. The van der Waals surface area contributed by atoms with Crippen LogP contribution in [0.4, 0.5) is 17.1 Å². The zero-order chi connectivity index (χ0) is 41.2. The van der Waals surface area contributed by atoms with Gasteiger partial charge in [0, 0.05) is 33.5 Å². The van der Waals surface area contributed by atoms with Crippen LogP contribution in [0.25, 0.3) is 83.1 Å². The molecule has 0 amide bonds. The Bertz CT molecular complexity index is 3200. The minimum absolute atomic E-state index is 1.09. The summed E-state index contributed by atoms with van der Waals surface area (Å²) in [6.45, 7) is 0. The first-order chi connectivity index (χ1) is 30.7. The number of rotatable bonds is 9. The molecular weight excluding hydrogens is 749 g/mol. The van der Waals surface area contributed by atoms with Crippen molar-refractivity contribution >= 4 is 38.9 Å². The van der Waals surface area contributed by atoms with Crippen molar-refractivity contribution in [2.75, 3.05) is 4.90 Å². The summed E-state index contributed by atoms with van der Waals surface area (Å²) in [5.74, 6) is 0. The predicted octanol–water partition coefficient (Wildman–Crippen LogP) is 16.6. The predicted molar refractivity (Wildman–Crippen MR) is 263 cm³/mol. The average molecular weight is 791 g/mol. The number of benzene rings is 10. The van der Waals surface area contributed by atoms with Crippen LogP contribution in [-0.2, 0) is 0 Å². The van der Waals surface area contributed by atoms with Crippen LogP contribution in [0.2, 0.25) is 0 Å². The fourth-order valence-electron chi connectivity index (χ4n) is 8.96. The third kappa shape index (κ3) is 6.94. The van der Waals surface area contributed by atoms with E-state index in [0.717, 1.165) is 33.9 Å². The van der Waals surface area contributed by atoms with E-state index in [4.69, 9.17) is 0 Å². The van der Waals surface area contributed by atoms with E-state index in [-0.39, 0.29) is 0 Å². The Morgan fingerprint density at radius 1 is 0.258 bits per heavy atom. The summed E-state index contributed by atoms with van der Waals surface area (Å²) >= 11 is 0. The molecule has 0 saturated carbocycles. The first-order valence-corrected chi connectivity index (χ1v) is 21.3. The van der Waals surface area contributed by atoms with Gasteiger partial charge in [0.05, 0.1) is 11.0 Å². The van der Waals surface area contributed by atoms with E-state index in [1.54, 1.807) is 0 Å². The number of para-hydroxylation sites is 1. The van der Waals surface area contributed by atoms with E-state index in [0.29, 0.717) is 0 Å². The van der Waals surface area contributed by atoms with E-state index in [1.807, 2.05) is 0 Å². The van der Waals surface area contributed by atoms with Gasteiger partial charge in [-0.15, -0.1) is 0 Å². The van der Waals surface area contributed by atoms with Crippen LogP contribution < -0.4 is 4.90 Å². The van der Waals surface area contributed by atoms with Crippen molar-refractivity contribution in [3.05, 3.63) is 255 Å². The fourth-order valence-corrected chi connectivity index (χ4v) is 8.96. The molecule has 0 atom stereocenters. The summed E-state index contributed by atoms with van der Waals surface area (Å²) in [5, 5.41) is 2.47. The Labute approximate surface area is 362 Å². The van der Waals surface area contributed by atoms with Gasteiger partial charge in [-0.3, -0.25) is 0 Å². The molecule has 0 spiro atoms. The van der Waals surface area contributed by atoms with Crippen LogP contribution in [0.15, 0.2) is 255 Å². The smallest absolute Gasteiger partial charge is 0.0553 e. The van der Waals surface area contributed by atoms with Crippen LogP contribution in [0.3, 0.4) is 0 Å². The number of fused-ring (bicyclic) bond motifs is 3. The topological polar surface area (TPSA) is 8.17 Å². The van der Waals surface area contributed by atoms with Crippen molar-refractivity contribution in [3.8, 4) is 61.3 Å². The number of hydrogen-bond acceptors (Lipinski definition) is 1. The Balaban J connectivity index is 1.08. The van der Waals surface area contributed by atoms with Crippen LogP contribution >= 0.6 is 0 Å². The lowest BCUT2D eigenvalue weighted by Gasteiger charge is -2.26. The lowest BCUT2D eigenvalue weighted by molar-refractivity contribution is 1.18. The van der Waals surface area contributed by atoms with Gasteiger partial charge in [0.15, 0.2) is 0 Å². The minimum atomic E-state index is 1.09. The molecule has 1 aromatic heterocycles. The van der Waals surface area contributed by atoms with Crippen LogP contribution in [-0.4, -0.2) is 4.57 Å². The van der Waals surface area contributed by atoms with Crippen molar-refractivity contribution in [3.63, 3.8) is 0 Å². The first kappa shape index (κ1) is 36.8. The largest absolute Gasteiger partial charge is 0.310 e. The Morgan fingerprint density at radius 3 is 1.23 bits per heavy atom. The summed E-state index contributed by atoms with van der Waals surface area (Å²) in [7, 11) is 0. The summed E-state index contributed by atoms with van der Waals surface area (Å²) in [5.41, 5.74) is 18.7. The molecule has 11 aromatic rings. The lowest BCUT2D eigenvalue weighted by Crippen LogP contribution is -2.10. The SMILES string of the molecule is c1ccc(-c2ccc(N(c3ccc(-c4ccccc4)cc3)c3cccc(-c4ccc5c6c(-c7ccccc7)cc(-c7ccccc7)cc6n(-c6ccccc6)c5c4)c3)cc2)cc1. The third-order valence-corrected chi connectivity index (χ3v) is 12.0. The van der Waals surface area contributed by atoms with Gasteiger partial charge in [-0.2, -0.15) is 0 Å². The molecule has 0 fully saturated rings. The Morgan fingerprint density at radius 2 is 0.677 bits per heavy atom. The van der Waals surface area contributed by atoms with Gasteiger partial charge in [0.2, 0.25) is 0 Å². The van der Waals surface area contributed by atoms with E-state index >= 15 is 0 Å². The van der Waals surface area contributed by atoms with Gasteiger partial charge in [-0.1, -0.05) is 188 Å². The van der Waals surface area contributed by atoms with E-state index in [1.165, 1.54) is 66.3 Å². The molecule has 0 aliphatic rings. The number of anilines is 3. The molecule has 0 saturated heterocycles. The van der Waals surface area contributed by atoms with E-state index in [2.05, 4.69) is 264 Å². The second kappa shape index (κ2) is 16.1. The summed E-state index contributed by atoms with van der Waals surface area (Å²) in [6, 6.07) is 92.0. The molecule has 0 radical (unpaired) electrons. The molecule has 62 heavy (non-hydrogen) atoms. The average Bonchev–Trinajstić information content (AvgIpc) is 3.69. The molecule has 10 aromatic carbocycles. The second-order valence-corrected chi connectivity index (χ2v) is 15.8. The minimum Gasteiger partial charge on any atom is -0.310 e. The Hall–Kier alpha value is -8.20. The highest BCUT2D eigenvalue weighted by Gasteiger charge is 2.20. The van der Waals surface area contributed by atoms with Crippen molar-refractivity contribution in [2.45, 2.75) is 0 Å². The van der Waals surface area contributed by atoms with Gasteiger partial charge in [0.1, 0.15) is 0 Å². The highest BCUT2D eigenvalue weighted by Crippen LogP contribution is 2.44. The van der Waals surface area contributed by atoms with Crippen molar-refractivity contribution in [1.82, 2.24) is 4.57 Å². The van der Waals surface area contributed by atoms with Crippen LogP contribution in [0.5, 0.6) is 0 Å². The molecular formula is C60H42N2. The molecule has 1 heterocycles. The van der Waals surface area contributed by atoms with Crippen LogP contribution in [0.1, 0.15) is 0 Å². The van der Waals surface area contributed by atoms with Gasteiger partial charge >= 0.3 is 0 Å². The molecule has 0 aliphatic carbocycles. The van der Waals surface area contributed by atoms with Crippen LogP contribution in [0, 0.1) is 0 Å². The molecule has 292 valence electrons. The lowest BCUT2D eigenvalue weighted by atomic mass is 9.94. The maximum absolute atomic E-state index is 2.45. The molecule has 0 bridgehead atoms. The van der Waals surface area contributed by atoms with Crippen molar-refractivity contribution in [1.29, 1.82) is 0 Å². The fraction of sp³-hybridized carbons (Fsp3) is 0. The highest BCUT2D eigenvalue weighted by atomic mass is 15.1. The second-order valence-electron chi connectivity index (χ2n) is 15.8. The molecule has 2 heteroatoms. The molecule has 11 rings (SSSR count). The number of aromatic nitrogens is 1. The van der Waals surface area contributed by atoms with Gasteiger partial charge in [-0.25, -0.2) is 0 Å². The summed E-state index contributed by atoms with van der Waals surface area (Å²) in [4.78, 5) is 2.36. The van der Waals surface area contributed by atoms with Gasteiger partial charge < -0.3 is 9.47 Å². The summed E-state index contributed by atoms with van der Waals surface area (Å²) < 4.78 is 2.45. The number of hydrogen-bond donors (Lipinski definition) is 0. The molecule has 0 unspecified atom stereocenters. The van der Waals surface area contributed by atoms with Crippen molar-refractivity contribution in [2.24, 2.45) is 0 Å². The zero-order valence-corrected chi connectivity index (χ0v) is 34.1. The van der Waals surface area contributed by atoms with Crippen molar-refractivity contribution < 1.29 is 0 Å². The summed E-state index contributed by atoms with van der Waals surface area (Å²) in [6.07, 6.45) is 0. The standard InChI is InChI=1S/C60H42N2/c1-6-17-43(18-7-1)46-29-34-53(35-30-46)61(54-36-31-47(32-37-54)44-19-8-2-9-20-44)55-28-16-25-49(39-55)50-33-38-56-58(41-50)62(52-26-14-5-15-27-52)59-42-51(45-21-10-3-11-22-45)40-57(60(56)59)48-23-12-4-13-24-48/h1-42H. The third-order valence-electron chi connectivity index (χ3n) is 12.0. The maximum Gasteiger partial charge on any atom is 0.0553 e. The molecule has 2 nitrogen and oxygen atoms in total. The molecule has 0 aliphatic heterocycles. The molecule has 0 N–H and O–H groups in total. The Kier molecular flexibility index (Phi) is 9.57. The number of nitrogens with zero attached hydrogens (tertiary/aromatic N) is 2. The first-order valence-electron chi connectivity index (χ1n) is 21.3. The van der Waals surface area contributed by atoms with E-state index < -0.39 is 0 Å². The highest BCUT2D eigenvalue weighted by molar-refractivity contribution is 6.17.